The predicted octanol–water partition coefficient (Wildman–Crippen LogP) is 1.55. The van der Waals surface area contributed by atoms with Gasteiger partial charge in [0.15, 0.2) is 0 Å². The lowest BCUT2D eigenvalue weighted by Crippen LogP contribution is -2.37. The second-order valence-electron chi connectivity index (χ2n) is 5.10. The molecule has 0 amide bonds. The van der Waals surface area contributed by atoms with Gasteiger partial charge in [-0.1, -0.05) is 33.1 Å². The number of unbranched alkanes of at least 4 members (excludes halogenated alkanes) is 1. The highest BCUT2D eigenvalue weighted by atomic mass is 16.5. The Labute approximate surface area is 112 Å². The maximum atomic E-state index is 9.69. The van der Waals surface area contributed by atoms with Gasteiger partial charge in [-0.25, -0.2) is 0 Å². The van der Waals surface area contributed by atoms with E-state index in [4.69, 9.17) is 9.84 Å². The molecular formula is C14H31NO3. The van der Waals surface area contributed by atoms with Gasteiger partial charge in [-0.15, -0.1) is 0 Å². The molecule has 0 heterocycles. The summed E-state index contributed by atoms with van der Waals surface area (Å²) in [5.74, 6) is 0.612. The summed E-state index contributed by atoms with van der Waals surface area (Å²) >= 11 is 0. The molecule has 4 nitrogen and oxygen atoms in total. The Hall–Kier alpha value is -0.160. The molecular weight excluding hydrogens is 230 g/mol. The van der Waals surface area contributed by atoms with E-state index in [1.165, 1.54) is 19.3 Å². The molecule has 0 aliphatic rings. The fourth-order valence-corrected chi connectivity index (χ4v) is 1.73. The molecule has 0 rings (SSSR count). The van der Waals surface area contributed by atoms with Crippen LogP contribution >= 0.6 is 0 Å². The van der Waals surface area contributed by atoms with Gasteiger partial charge < -0.3 is 20.3 Å². The van der Waals surface area contributed by atoms with Crippen LogP contribution in [-0.2, 0) is 4.74 Å². The fourth-order valence-electron chi connectivity index (χ4n) is 1.73. The molecule has 0 spiro atoms. The molecule has 3 unspecified atom stereocenters. The average Bonchev–Trinajstić information content (AvgIpc) is 2.39. The van der Waals surface area contributed by atoms with Crippen molar-refractivity contribution in [3.8, 4) is 0 Å². The number of aliphatic hydroxyl groups excluding tert-OH is 2. The van der Waals surface area contributed by atoms with Crippen molar-refractivity contribution in [2.45, 2.75) is 58.6 Å². The molecule has 110 valence electrons. The van der Waals surface area contributed by atoms with Crippen molar-refractivity contribution in [2.24, 2.45) is 5.92 Å². The Morgan fingerprint density at radius 3 is 2.50 bits per heavy atom. The number of hydrogen-bond acceptors (Lipinski definition) is 4. The van der Waals surface area contributed by atoms with Crippen LogP contribution in [0.1, 0.15) is 46.5 Å². The smallest absolute Gasteiger partial charge is 0.0897 e. The Morgan fingerprint density at radius 2 is 1.94 bits per heavy atom. The van der Waals surface area contributed by atoms with Crippen LogP contribution in [0, 0.1) is 5.92 Å². The van der Waals surface area contributed by atoms with E-state index >= 15 is 0 Å². The molecule has 3 N–H and O–H groups in total. The van der Waals surface area contributed by atoms with Gasteiger partial charge in [-0.05, 0) is 19.3 Å². The van der Waals surface area contributed by atoms with Gasteiger partial charge in [0, 0.05) is 19.2 Å². The molecule has 0 saturated heterocycles. The first-order valence-electron chi connectivity index (χ1n) is 7.24. The van der Waals surface area contributed by atoms with Gasteiger partial charge in [-0.3, -0.25) is 0 Å². The highest BCUT2D eigenvalue weighted by Crippen LogP contribution is 2.12. The summed E-state index contributed by atoms with van der Waals surface area (Å²) in [5.41, 5.74) is 0. The summed E-state index contributed by atoms with van der Waals surface area (Å²) in [7, 11) is 0. The second kappa shape index (κ2) is 11.9. The maximum Gasteiger partial charge on any atom is 0.0897 e. The van der Waals surface area contributed by atoms with Crippen molar-refractivity contribution in [1.29, 1.82) is 0 Å². The summed E-state index contributed by atoms with van der Waals surface area (Å²) in [6.45, 7) is 7.92. The lowest BCUT2D eigenvalue weighted by molar-refractivity contribution is 0.0178. The first-order chi connectivity index (χ1) is 8.63. The molecule has 0 aromatic carbocycles. The zero-order chi connectivity index (χ0) is 13.8. The summed E-state index contributed by atoms with van der Waals surface area (Å²) in [6.07, 6.45) is 4.32. The fraction of sp³-hybridized carbons (Fsp3) is 1.00. The number of ether oxygens (including phenoxy) is 1. The van der Waals surface area contributed by atoms with Crippen LogP contribution in [0.3, 0.4) is 0 Å². The van der Waals surface area contributed by atoms with Crippen molar-refractivity contribution >= 4 is 0 Å². The molecule has 18 heavy (non-hydrogen) atoms. The molecule has 0 aromatic heterocycles. The van der Waals surface area contributed by atoms with E-state index in [9.17, 15) is 5.11 Å². The van der Waals surface area contributed by atoms with Gasteiger partial charge in [0.1, 0.15) is 0 Å². The van der Waals surface area contributed by atoms with Gasteiger partial charge >= 0.3 is 0 Å². The zero-order valence-electron chi connectivity index (χ0n) is 12.2. The average molecular weight is 261 g/mol. The molecule has 3 atom stereocenters. The van der Waals surface area contributed by atoms with E-state index in [2.05, 4.69) is 19.2 Å². The normalized spacial score (nSPS) is 16.5. The third kappa shape index (κ3) is 9.83. The molecule has 0 aliphatic heterocycles. The lowest BCUT2D eigenvalue weighted by Gasteiger charge is -2.18. The Balaban J connectivity index is 3.55. The van der Waals surface area contributed by atoms with E-state index in [0.717, 1.165) is 13.0 Å². The minimum absolute atomic E-state index is 0.0209. The molecule has 0 fully saturated rings. The van der Waals surface area contributed by atoms with Gasteiger partial charge in [0.25, 0.3) is 0 Å². The minimum atomic E-state index is -0.498. The van der Waals surface area contributed by atoms with E-state index in [1.807, 2.05) is 6.92 Å². The van der Waals surface area contributed by atoms with Crippen LogP contribution in [0.15, 0.2) is 0 Å². The van der Waals surface area contributed by atoms with Crippen LogP contribution in [0.25, 0.3) is 0 Å². The quantitative estimate of drug-likeness (QED) is 0.499. The van der Waals surface area contributed by atoms with Crippen LogP contribution in [0.5, 0.6) is 0 Å². The maximum absolute atomic E-state index is 9.69. The molecule has 0 aliphatic carbocycles. The number of nitrogens with one attached hydrogen (secondary N) is 1. The second-order valence-corrected chi connectivity index (χ2v) is 5.10. The molecule has 0 radical (unpaired) electrons. The van der Waals surface area contributed by atoms with E-state index < -0.39 is 6.10 Å². The van der Waals surface area contributed by atoms with Crippen LogP contribution < -0.4 is 5.32 Å². The lowest BCUT2D eigenvalue weighted by atomic mass is 10.0. The summed E-state index contributed by atoms with van der Waals surface area (Å²) in [5, 5.41) is 21.6. The van der Waals surface area contributed by atoms with Gasteiger partial charge in [0.05, 0.1) is 19.3 Å². The first kappa shape index (κ1) is 17.8. The summed E-state index contributed by atoms with van der Waals surface area (Å²) in [4.78, 5) is 0. The van der Waals surface area contributed by atoms with E-state index in [0.29, 0.717) is 19.1 Å². The summed E-state index contributed by atoms with van der Waals surface area (Å²) in [6, 6.07) is 0.0209. The zero-order valence-corrected chi connectivity index (χ0v) is 12.2. The van der Waals surface area contributed by atoms with Crippen LogP contribution in [0.2, 0.25) is 0 Å². The van der Waals surface area contributed by atoms with E-state index in [1.54, 1.807) is 0 Å². The number of aliphatic hydroxyl groups is 2. The van der Waals surface area contributed by atoms with Crippen molar-refractivity contribution in [3.05, 3.63) is 0 Å². The first-order valence-corrected chi connectivity index (χ1v) is 7.24. The monoisotopic (exact) mass is 261 g/mol. The van der Waals surface area contributed by atoms with Gasteiger partial charge in [-0.2, -0.15) is 0 Å². The van der Waals surface area contributed by atoms with Crippen LogP contribution in [0.4, 0.5) is 0 Å². The Bertz CT molecular complexity index is 178. The third-order valence-corrected chi connectivity index (χ3v) is 3.18. The molecule has 0 aromatic rings. The number of rotatable bonds is 12. The predicted molar refractivity (Wildman–Crippen MR) is 74.7 cm³/mol. The van der Waals surface area contributed by atoms with Gasteiger partial charge in [0.2, 0.25) is 0 Å². The molecule has 4 heteroatoms. The molecule has 0 saturated carbocycles. The van der Waals surface area contributed by atoms with Crippen molar-refractivity contribution in [3.63, 3.8) is 0 Å². The third-order valence-electron chi connectivity index (χ3n) is 3.18. The summed E-state index contributed by atoms with van der Waals surface area (Å²) < 4.78 is 5.56. The number of hydrogen-bond donors (Lipinski definition) is 3. The topological polar surface area (TPSA) is 61.7 Å². The SMILES string of the molecule is CCCCC(CC)COCC(O)CNC(C)CO. The molecule has 0 bridgehead atoms. The standard InChI is InChI=1S/C14H31NO3/c1-4-6-7-13(5-2)10-18-11-14(17)8-15-12(3)9-16/h12-17H,4-11H2,1-3H3. The minimum Gasteiger partial charge on any atom is -0.395 e. The Morgan fingerprint density at radius 1 is 1.22 bits per heavy atom. The highest BCUT2D eigenvalue weighted by Gasteiger charge is 2.09. The van der Waals surface area contributed by atoms with Crippen molar-refractivity contribution in [2.75, 3.05) is 26.4 Å². The Kier molecular flexibility index (Phi) is 11.8. The van der Waals surface area contributed by atoms with Crippen LogP contribution in [-0.4, -0.2) is 48.7 Å². The van der Waals surface area contributed by atoms with Crippen molar-refractivity contribution in [1.82, 2.24) is 5.32 Å². The van der Waals surface area contributed by atoms with Crippen molar-refractivity contribution < 1.29 is 14.9 Å². The largest absolute Gasteiger partial charge is 0.395 e. The highest BCUT2D eigenvalue weighted by molar-refractivity contribution is 4.64. The van der Waals surface area contributed by atoms with E-state index in [-0.39, 0.29) is 12.6 Å².